The monoisotopic (exact) mass is 470 g/mol. The summed E-state index contributed by atoms with van der Waals surface area (Å²) in [5, 5.41) is 5.44. The summed E-state index contributed by atoms with van der Waals surface area (Å²) in [4.78, 5) is 0. The minimum Gasteiger partial charge on any atom is -0.135 e. The van der Waals surface area contributed by atoms with Crippen molar-refractivity contribution >= 4 is 94.9 Å². The first-order valence-corrected chi connectivity index (χ1v) is 10.8. The highest BCUT2D eigenvalue weighted by Crippen LogP contribution is 2.52. The van der Waals surface area contributed by atoms with E-state index < -0.39 is 0 Å². The van der Waals surface area contributed by atoms with Crippen molar-refractivity contribution in [3.8, 4) is 11.1 Å². The van der Waals surface area contributed by atoms with Gasteiger partial charge in [0.05, 0.1) is 0 Å². The van der Waals surface area contributed by atoms with Gasteiger partial charge >= 0.3 is 0 Å². The van der Waals surface area contributed by atoms with Gasteiger partial charge in [0.15, 0.2) is 0 Å². The highest BCUT2D eigenvalue weighted by molar-refractivity contribution is 9.10. The van der Waals surface area contributed by atoms with Crippen LogP contribution < -0.4 is 0 Å². The van der Waals surface area contributed by atoms with Crippen LogP contribution in [-0.2, 0) is 0 Å². The lowest BCUT2D eigenvalue weighted by atomic mass is 9.93. The Kier molecular flexibility index (Phi) is 2.75. The molecule has 0 spiro atoms. The summed E-state index contributed by atoms with van der Waals surface area (Å²) in [7, 11) is 0. The molecule has 2 aliphatic heterocycles. The summed E-state index contributed by atoms with van der Waals surface area (Å²) in [6.07, 6.45) is 0. The van der Waals surface area contributed by atoms with E-state index in [2.05, 4.69) is 80.4 Å². The number of rotatable bonds is 0. The molecule has 0 aromatic heterocycles. The van der Waals surface area contributed by atoms with Crippen molar-refractivity contribution in [3.63, 3.8) is 0 Å². The number of halogens is 2. The van der Waals surface area contributed by atoms with Gasteiger partial charge in [-0.2, -0.15) is 0 Å². The van der Waals surface area contributed by atoms with E-state index in [0.29, 0.717) is 0 Å². The van der Waals surface area contributed by atoms with Crippen LogP contribution in [0.25, 0.3) is 51.5 Å². The average molecular weight is 472 g/mol. The normalized spacial score (nSPS) is 12.6. The fourth-order valence-corrected chi connectivity index (χ4v) is 7.44. The maximum absolute atomic E-state index is 3.67. The SMILES string of the molecule is Brc1cc2ccc3sc4cc(Br)cc5ccc6sc(c1)c2c3-c6c54. The Morgan fingerprint density at radius 3 is 1.46 bits per heavy atom. The zero-order valence-electron chi connectivity index (χ0n) is 12.2. The standard InChI is InChI=1S/C20H8Br2S2/c21-11-5-9-1-3-13-19-17(9)15(7-11)24-14-4-2-10-6-12(22)8-16(23-13)18(10)20(14)19/h1-8H. The van der Waals surface area contributed by atoms with Crippen molar-refractivity contribution < 1.29 is 0 Å². The van der Waals surface area contributed by atoms with Gasteiger partial charge in [0.1, 0.15) is 0 Å². The number of hydrogen-bond acceptors (Lipinski definition) is 2. The molecule has 4 aromatic rings. The van der Waals surface area contributed by atoms with E-state index in [4.69, 9.17) is 0 Å². The average Bonchev–Trinajstić information content (AvgIpc) is 2.56. The molecule has 6 rings (SSSR count). The summed E-state index contributed by atoms with van der Waals surface area (Å²) in [5.41, 5.74) is 2.85. The summed E-state index contributed by atoms with van der Waals surface area (Å²) in [6.45, 7) is 0. The van der Waals surface area contributed by atoms with E-state index in [1.165, 1.54) is 51.5 Å². The summed E-state index contributed by atoms with van der Waals surface area (Å²) in [6, 6.07) is 18.0. The lowest BCUT2D eigenvalue weighted by Crippen LogP contribution is -1.91. The Morgan fingerprint density at radius 2 is 1.00 bits per heavy atom. The second-order valence-electron chi connectivity index (χ2n) is 6.09. The molecule has 0 N–H and O–H groups in total. The molecule has 0 unspecified atom stereocenters. The Bertz CT molecular complexity index is 1270. The lowest BCUT2D eigenvalue weighted by molar-refractivity contribution is 1.75. The van der Waals surface area contributed by atoms with Gasteiger partial charge in [0, 0.05) is 49.6 Å². The van der Waals surface area contributed by atoms with Crippen LogP contribution in [0.3, 0.4) is 0 Å². The van der Waals surface area contributed by atoms with Crippen molar-refractivity contribution in [3.05, 3.63) is 57.5 Å². The van der Waals surface area contributed by atoms with Gasteiger partial charge in [-0.25, -0.2) is 0 Å². The second-order valence-corrected chi connectivity index (χ2v) is 10.1. The van der Waals surface area contributed by atoms with Crippen molar-refractivity contribution in [1.29, 1.82) is 0 Å². The van der Waals surface area contributed by atoms with Crippen LogP contribution in [0.15, 0.2) is 57.5 Å². The molecule has 0 amide bonds. The van der Waals surface area contributed by atoms with Gasteiger partial charge in [-0.1, -0.05) is 44.0 Å². The molecule has 0 saturated heterocycles. The molecular formula is C20H8Br2S2. The fraction of sp³-hybridized carbons (Fsp3) is 0. The highest BCUT2D eigenvalue weighted by atomic mass is 79.9. The minimum atomic E-state index is 1.15. The number of benzene rings is 4. The van der Waals surface area contributed by atoms with Crippen LogP contribution in [0, 0.1) is 0 Å². The van der Waals surface area contributed by atoms with E-state index in [0.717, 1.165) is 8.95 Å². The third kappa shape index (κ3) is 1.72. The molecule has 2 aliphatic rings. The molecule has 0 bridgehead atoms. The van der Waals surface area contributed by atoms with E-state index in [9.17, 15) is 0 Å². The molecule has 24 heavy (non-hydrogen) atoms. The molecule has 0 aliphatic carbocycles. The molecule has 4 aromatic carbocycles. The second kappa shape index (κ2) is 4.70. The van der Waals surface area contributed by atoms with Crippen molar-refractivity contribution in [2.45, 2.75) is 0 Å². The molecule has 0 radical (unpaired) electrons. The van der Waals surface area contributed by atoms with E-state index in [-0.39, 0.29) is 0 Å². The first kappa shape index (κ1) is 14.0. The van der Waals surface area contributed by atoms with Crippen molar-refractivity contribution in [2.75, 3.05) is 0 Å². The van der Waals surface area contributed by atoms with Crippen LogP contribution in [0.1, 0.15) is 0 Å². The smallest absolute Gasteiger partial charge is 0.0372 e. The van der Waals surface area contributed by atoms with Crippen molar-refractivity contribution in [2.24, 2.45) is 0 Å². The maximum Gasteiger partial charge on any atom is 0.0372 e. The molecule has 4 heteroatoms. The Balaban J connectivity index is 2.04. The topological polar surface area (TPSA) is 0 Å². The van der Waals surface area contributed by atoms with Crippen molar-refractivity contribution in [1.82, 2.24) is 0 Å². The zero-order chi connectivity index (χ0) is 16.0. The van der Waals surface area contributed by atoms with Gasteiger partial charge in [-0.05, 0) is 47.2 Å². The van der Waals surface area contributed by atoms with Crippen LogP contribution in [0.4, 0.5) is 0 Å². The minimum absolute atomic E-state index is 1.15. The van der Waals surface area contributed by atoms with E-state index >= 15 is 0 Å². The first-order valence-electron chi connectivity index (χ1n) is 7.58. The highest BCUT2D eigenvalue weighted by Gasteiger charge is 2.22. The molecule has 0 saturated carbocycles. The predicted molar refractivity (Wildman–Crippen MR) is 115 cm³/mol. The lowest BCUT2D eigenvalue weighted by Gasteiger charge is -2.20. The van der Waals surface area contributed by atoms with E-state index in [1.54, 1.807) is 0 Å². The number of hydrogen-bond donors (Lipinski definition) is 0. The predicted octanol–water partition coefficient (Wildman–Crippen LogP) is 8.49. The quantitative estimate of drug-likeness (QED) is 0.154. The van der Waals surface area contributed by atoms with E-state index in [1.807, 2.05) is 22.7 Å². The molecule has 114 valence electrons. The summed E-state index contributed by atoms with van der Waals surface area (Å²) in [5.74, 6) is 0. The third-order valence-electron chi connectivity index (χ3n) is 4.71. The fourth-order valence-electron chi connectivity index (χ4n) is 3.81. The molecule has 2 heterocycles. The van der Waals surface area contributed by atoms with Crippen LogP contribution in [0.5, 0.6) is 0 Å². The molecule has 0 nitrogen and oxygen atoms in total. The Labute approximate surface area is 162 Å². The zero-order valence-corrected chi connectivity index (χ0v) is 17.0. The van der Waals surface area contributed by atoms with Crippen LogP contribution in [0.2, 0.25) is 0 Å². The maximum atomic E-state index is 3.67. The van der Waals surface area contributed by atoms with Gasteiger partial charge in [-0.3, -0.25) is 0 Å². The largest absolute Gasteiger partial charge is 0.135 e. The summed E-state index contributed by atoms with van der Waals surface area (Å²) < 4.78 is 7.73. The molecular weight excluding hydrogens is 464 g/mol. The van der Waals surface area contributed by atoms with Crippen LogP contribution in [-0.4, -0.2) is 0 Å². The summed E-state index contributed by atoms with van der Waals surface area (Å²) >= 11 is 11.1. The molecule has 0 fully saturated rings. The molecule has 0 atom stereocenters. The van der Waals surface area contributed by atoms with Gasteiger partial charge in [-0.15, -0.1) is 22.7 Å². The van der Waals surface area contributed by atoms with Gasteiger partial charge in [0.2, 0.25) is 0 Å². The Hall–Kier alpha value is -1.20. The third-order valence-corrected chi connectivity index (χ3v) is 7.83. The first-order chi connectivity index (χ1) is 11.7. The van der Waals surface area contributed by atoms with Gasteiger partial charge in [0.25, 0.3) is 0 Å². The van der Waals surface area contributed by atoms with Crippen LogP contribution >= 0.6 is 54.5 Å². The van der Waals surface area contributed by atoms with Gasteiger partial charge < -0.3 is 0 Å². The Morgan fingerprint density at radius 1 is 0.542 bits per heavy atom.